The van der Waals surface area contributed by atoms with Gasteiger partial charge in [0.25, 0.3) is 5.91 Å². The molecule has 0 aliphatic heterocycles. The maximum absolute atomic E-state index is 11.5. The van der Waals surface area contributed by atoms with Crippen LogP contribution in [-0.4, -0.2) is 16.7 Å². The van der Waals surface area contributed by atoms with Crippen molar-refractivity contribution in [1.29, 1.82) is 0 Å². The number of aromatic amines is 1. The Kier molecular flexibility index (Phi) is 3.95. The molecular weight excluding hydrogens is 290 g/mol. The number of rotatable bonds is 4. The number of hydrogen-bond donors (Lipinski definition) is 3. The van der Waals surface area contributed by atoms with Crippen molar-refractivity contribution in [3.05, 3.63) is 54.2 Å². The van der Waals surface area contributed by atoms with Crippen molar-refractivity contribution in [3.63, 3.8) is 0 Å². The molecule has 0 radical (unpaired) electrons. The third-order valence-electron chi connectivity index (χ3n) is 3.78. The molecule has 0 saturated heterocycles. The largest absolute Gasteiger partial charge is 0.361 e. The van der Waals surface area contributed by atoms with Gasteiger partial charge in [0.15, 0.2) is 0 Å². The van der Waals surface area contributed by atoms with Crippen LogP contribution in [0, 0.1) is 0 Å². The highest BCUT2D eigenvalue weighted by Crippen LogP contribution is 2.31. The minimum Gasteiger partial charge on any atom is -0.361 e. The number of amides is 1. The number of carbonyl (C=O) groups is 2. The fraction of sp³-hybridized carbons (Fsp3) is 0.111. The molecule has 1 heterocycles. The molecule has 0 unspecified atom stereocenters. The standard InChI is InChI=1S/C18H17N3O2/c1-11(22)18(23)21-14-4-2-3-12(9-14)15-6-5-13(10-19)17-16(15)7-8-20-17/h2-9,20H,10,19H2,1H3,(H,21,23). The van der Waals surface area contributed by atoms with E-state index in [0.29, 0.717) is 12.2 Å². The Morgan fingerprint density at radius 3 is 2.74 bits per heavy atom. The van der Waals surface area contributed by atoms with Crippen molar-refractivity contribution in [2.24, 2.45) is 5.73 Å². The third-order valence-corrected chi connectivity index (χ3v) is 3.78. The van der Waals surface area contributed by atoms with Gasteiger partial charge < -0.3 is 16.0 Å². The van der Waals surface area contributed by atoms with Gasteiger partial charge in [-0.2, -0.15) is 0 Å². The molecule has 0 aliphatic rings. The van der Waals surface area contributed by atoms with E-state index in [9.17, 15) is 9.59 Å². The van der Waals surface area contributed by atoms with Gasteiger partial charge in [0.2, 0.25) is 5.78 Å². The molecule has 116 valence electrons. The Morgan fingerprint density at radius 2 is 2.00 bits per heavy atom. The number of nitrogens with one attached hydrogen (secondary N) is 2. The van der Waals surface area contributed by atoms with E-state index in [1.165, 1.54) is 6.92 Å². The highest BCUT2D eigenvalue weighted by Gasteiger charge is 2.11. The first-order chi connectivity index (χ1) is 11.1. The van der Waals surface area contributed by atoms with E-state index in [0.717, 1.165) is 27.6 Å². The minimum atomic E-state index is -0.618. The van der Waals surface area contributed by atoms with E-state index in [1.54, 1.807) is 6.07 Å². The first-order valence-electron chi connectivity index (χ1n) is 7.31. The van der Waals surface area contributed by atoms with Gasteiger partial charge in [-0.1, -0.05) is 24.3 Å². The van der Waals surface area contributed by atoms with E-state index >= 15 is 0 Å². The summed E-state index contributed by atoms with van der Waals surface area (Å²) >= 11 is 0. The Balaban J connectivity index is 2.04. The highest BCUT2D eigenvalue weighted by atomic mass is 16.2. The quantitative estimate of drug-likeness (QED) is 0.648. The first kappa shape index (κ1) is 15.0. The van der Waals surface area contributed by atoms with E-state index in [4.69, 9.17) is 5.73 Å². The summed E-state index contributed by atoms with van der Waals surface area (Å²) in [6.07, 6.45) is 1.88. The van der Waals surface area contributed by atoms with Crippen LogP contribution in [0.3, 0.4) is 0 Å². The minimum absolute atomic E-state index is 0.464. The SMILES string of the molecule is CC(=O)C(=O)Nc1cccc(-c2ccc(CN)c3[nH]ccc23)c1. The lowest BCUT2D eigenvalue weighted by Crippen LogP contribution is -2.19. The van der Waals surface area contributed by atoms with Crippen molar-refractivity contribution < 1.29 is 9.59 Å². The monoisotopic (exact) mass is 307 g/mol. The summed E-state index contributed by atoms with van der Waals surface area (Å²) < 4.78 is 0. The Bertz CT molecular complexity index is 896. The van der Waals surface area contributed by atoms with Crippen LogP contribution in [0.15, 0.2) is 48.7 Å². The van der Waals surface area contributed by atoms with Crippen molar-refractivity contribution in [3.8, 4) is 11.1 Å². The number of hydrogen-bond acceptors (Lipinski definition) is 3. The number of Topliss-reactive ketones (excluding diaryl/α,β-unsaturated/α-hetero) is 1. The number of carbonyl (C=O) groups excluding carboxylic acids is 2. The zero-order valence-electron chi connectivity index (χ0n) is 12.7. The number of aromatic nitrogens is 1. The van der Waals surface area contributed by atoms with Gasteiger partial charge in [-0.3, -0.25) is 9.59 Å². The van der Waals surface area contributed by atoms with Gasteiger partial charge in [-0.15, -0.1) is 0 Å². The lowest BCUT2D eigenvalue weighted by atomic mass is 9.99. The number of nitrogens with two attached hydrogens (primary N) is 1. The number of ketones is 1. The average molecular weight is 307 g/mol. The number of fused-ring (bicyclic) bond motifs is 1. The van der Waals surface area contributed by atoms with Gasteiger partial charge in [-0.25, -0.2) is 0 Å². The zero-order valence-corrected chi connectivity index (χ0v) is 12.7. The van der Waals surface area contributed by atoms with Gasteiger partial charge in [0.1, 0.15) is 0 Å². The molecule has 3 aromatic rings. The van der Waals surface area contributed by atoms with Crippen LogP contribution in [-0.2, 0) is 16.1 Å². The summed E-state index contributed by atoms with van der Waals surface area (Å²) in [7, 11) is 0. The number of anilines is 1. The summed E-state index contributed by atoms with van der Waals surface area (Å²) in [5.74, 6) is -1.14. The molecule has 4 N–H and O–H groups in total. The summed E-state index contributed by atoms with van der Waals surface area (Å²) in [4.78, 5) is 25.8. The molecule has 0 fully saturated rings. The van der Waals surface area contributed by atoms with Gasteiger partial charge in [0.05, 0.1) is 5.52 Å². The molecule has 0 aliphatic carbocycles. The second-order valence-electron chi connectivity index (χ2n) is 5.33. The summed E-state index contributed by atoms with van der Waals surface area (Å²) in [6, 6.07) is 13.4. The third kappa shape index (κ3) is 2.86. The summed E-state index contributed by atoms with van der Waals surface area (Å²) in [6.45, 7) is 1.71. The maximum Gasteiger partial charge on any atom is 0.291 e. The van der Waals surface area contributed by atoms with E-state index in [-0.39, 0.29) is 0 Å². The van der Waals surface area contributed by atoms with Crippen LogP contribution in [0.4, 0.5) is 5.69 Å². The highest BCUT2D eigenvalue weighted by molar-refractivity contribution is 6.39. The molecule has 23 heavy (non-hydrogen) atoms. The van der Waals surface area contributed by atoms with Crippen molar-refractivity contribution in [2.45, 2.75) is 13.5 Å². The second kappa shape index (κ2) is 6.06. The molecule has 2 aromatic carbocycles. The predicted molar refractivity (Wildman–Crippen MR) is 90.9 cm³/mol. The molecule has 5 nitrogen and oxygen atoms in total. The summed E-state index contributed by atoms with van der Waals surface area (Å²) in [5, 5.41) is 3.67. The first-order valence-corrected chi connectivity index (χ1v) is 7.31. The van der Waals surface area contributed by atoms with Crippen molar-refractivity contribution in [2.75, 3.05) is 5.32 Å². The Labute approximate surface area is 133 Å². The molecule has 0 bridgehead atoms. The lowest BCUT2D eigenvalue weighted by molar-refractivity contribution is -0.133. The second-order valence-corrected chi connectivity index (χ2v) is 5.33. The Morgan fingerprint density at radius 1 is 1.17 bits per heavy atom. The molecule has 3 rings (SSSR count). The molecule has 0 atom stereocenters. The molecule has 1 amide bonds. The van der Waals surface area contributed by atoms with Crippen molar-refractivity contribution in [1.82, 2.24) is 4.98 Å². The molecule has 0 spiro atoms. The van der Waals surface area contributed by atoms with Crippen LogP contribution >= 0.6 is 0 Å². The van der Waals surface area contributed by atoms with Crippen LogP contribution in [0.2, 0.25) is 0 Å². The van der Waals surface area contributed by atoms with E-state index in [2.05, 4.69) is 10.3 Å². The average Bonchev–Trinajstić information content (AvgIpc) is 3.03. The van der Waals surface area contributed by atoms with Crippen LogP contribution in [0.1, 0.15) is 12.5 Å². The molecule has 1 aromatic heterocycles. The smallest absolute Gasteiger partial charge is 0.291 e. The molecule has 0 saturated carbocycles. The van der Waals surface area contributed by atoms with Crippen LogP contribution < -0.4 is 11.1 Å². The van der Waals surface area contributed by atoms with E-state index in [1.807, 2.05) is 42.6 Å². The fourth-order valence-electron chi connectivity index (χ4n) is 2.62. The van der Waals surface area contributed by atoms with Crippen LogP contribution in [0.25, 0.3) is 22.0 Å². The lowest BCUT2D eigenvalue weighted by Gasteiger charge is -2.09. The zero-order chi connectivity index (χ0) is 16.4. The summed E-state index contributed by atoms with van der Waals surface area (Å²) in [5.41, 5.74) is 10.4. The fourth-order valence-corrected chi connectivity index (χ4v) is 2.62. The molecule has 5 heteroatoms. The number of benzene rings is 2. The van der Waals surface area contributed by atoms with Crippen molar-refractivity contribution >= 4 is 28.3 Å². The van der Waals surface area contributed by atoms with Gasteiger partial charge in [-0.05, 0) is 34.9 Å². The van der Waals surface area contributed by atoms with Gasteiger partial charge in [0, 0.05) is 30.7 Å². The van der Waals surface area contributed by atoms with Crippen LogP contribution in [0.5, 0.6) is 0 Å². The van der Waals surface area contributed by atoms with Gasteiger partial charge >= 0.3 is 0 Å². The normalized spacial score (nSPS) is 10.7. The topological polar surface area (TPSA) is 88.0 Å². The van der Waals surface area contributed by atoms with E-state index < -0.39 is 11.7 Å². The maximum atomic E-state index is 11.5. The molecular formula is C18H17N3O2. The Hall–Kier alpha value is -2.92. The predicted octanol–water partition coefficient (Wildman–Crippen LogP) is 2.82. The number of H-pyrrole nitrogens is 1.